The third-order valence-electron chi connectivity index (χ3n) is 6.65. The molecular weight excluding hydrogens is 396 g/mol. The fourth-order valence-corrected chi connectivity index (χ4v) is 4.96. The number of imidazole rings is 1. The van der Waals surface area contributed by atoms with Gasteiger partial charge < -0.3 is 15.2 Å². The van der Waals surface area contributed by atoms with Gasteiger partial charge in [0.25, 0.3) is 0 Å². The molecule has 1 saturated heterocycles. The van der Waals surface area contributed by atoms with Crippen LogP contribution in [0.15, 0.2) is 60.9 Å². The lowest BCUT2D eigenvalue weighted by Gasteiger charge is -2.21. The summed E-state index contributed by atoms with van der Waals surface area (Å²) in [6, 6.07) is 19.1. The van der Waals surface area contributed by atoms with Crippen molar-refractivity contribution < 1.29 is 0 Å². The minimum absolute atomic E-state index is 0.252. The van der Waals surface area contributed by atoms with E-state index in [9.17, 15) is 0 Å². The Labute approximate surface area is 187 Å². The largest absolute Gasteiger partial charge is 0.370 e. The van der Waals surface area contributed by atoms with Gasteiger partial charge in [-0.25, -0.2) is 4.98 Å². The van der Waals surface area contributed by atoms with Crippen molar-refractivity contribution in [3.63, 3.8) is 0 Å². The molecule has 4 aromatic rings. The van der Waals surface area contributed by atoms with E-state index in [4.69, 9.17) is 16.0 Å². The monoisotopic (exact) mass is 420 g/mol. The number of aromatic nitrogens is 3. The van der Waals surface area contributed by atoms with E-state index < -0.39 is 0 Å². The van der Waals surface area contributed by atoms with Gasteiger partial charge in [-0.3, -0.25) is 4.57 Å². The normalized spacial score (nSPS) is 16.8. The van der Waals surface area contributed by atoms with Crippen LogP contribution >= 0.6 is 0 Å². The molecule has 0 saturated carbocycles. The van der Waals surface area contributed by atoms with E-state index in [1.54, 1.807) is 0 Å². The second-order valence-electron chi connectivity index (χ2n) is 8.80. The van der Waals surface area contributed by atoms with Crippen LogP contribution in [0, 0.1) is 18.3 Å². The second-order valence-corrected chi connectivity index (χ2v) is 8.80. The number of nitrogens with zero attached hydrogens (tertiary/aromatic N) is 5. The van der Waals surface area contributed by atoms with E-state index in [0.29, 0.717) is 5.56 Å². The Bertz CT molecular complexity index is 1370. The SMILES string of the molecule is Cc1cnc2n1-c1ccc(N3CC[C@H](N)C3)cc1Cn1cc(-c3ccc(C#N)cc3)cc1-2. The molecule has 1 fully saturated rings. The van der Waals surface area contributed by atoms with Crippen LogP contribution in [0.1, 0.15) is 23.2 Å². The quantitative estimate of drug-likeness (QED) is 0.467. The molecule has 0 radical (unpaired) electrons. The van der Waals surface area contributed by atoms with Crippen molar-refractivity contribution in [1.29, 1.82) is 5.26 Å². The summed E-state index contributed by atoms with van der Waals surface area (Å²) < 4.78 is 4.55. The highest BCUT2D eigenvalue weighted by atomic mass is 15.2. The molecule has 2 aromatic carbocycles. The number of fused-ring (bicyclic) bond motifs is 5. The zero-order valence-corrected chi connectivity index (χ0v) is 18.0. The van der Waals surface area contributed by atoms with Crippen molar-refractivity contribution in [2.24, 2.45) is 5.73 Å². The van der Waals surface area contributed by atoms with Crippen LogP contribution in [-0.4, -0.2) is 33.2 Å². The van der Waals surface area contributed by atoms with Crippen molar-refractivity contribution in [2.75, 3.05) is 18.0 Å². The number of anilines is 1. The maximum atomic E-state index is 9.11. The summed E-state index contributed by atoms with van der Waals surface area (Å²) in [6.07, 6.45) is 5.17. The van der Waals surface area contributed by atoms with Crippen LogP contribution in [0.2, 0.25) is 0 Å². The molecule has 0 unspecified atom stereocenters. The maximum Gasteiger partial charge on any atom is 0.161 e. The first-order chi connectivity index (χ1) is 15.6. The summed E-state index contributed by atoms with van der Waals surface area (Å²) in [7, 11) is 0. The summed E-state index contributed by atoms with van der Waals surface area (Å²) in [6.45, 7) is 4.80. The van der Waals surface area contributed by atoms with E-state index in [1.807, 2.05) is 30.5 Å². The van der Waals surface area contributed by atoms with E-state index in [-0.39, 0.29) is 6.04 Å². The first-order valence-corrected chi connectivity index (χ1v) is 11.0. The lowest BCUT2D eigenvalue weighted by atomic mass is 10.1. The van der Waals surface area contributed by atoms with Crippen LogP contribution < -0.4 is 10.6 Å². The third kappa shape index (κ3) is 2.94. The lowest BCUT2D eigenvalue weighted by molar-refractivity contribution is 0.752. The van der Waals surface area contributed by atoms with Crippen molar-refractivity contribution in [2.45, 2.75) is 25.9 Å². The van der Waals surface area contributed by atoms with Crippen LogP contribution in [0.5, 0.6) is 0 Å². The minimum Gasteiger partial charge on any atom is -0.370 e. The van der Waals surface area contributed by atoms with Gasteiger partial charge in [-0.2, -0.15) is 5.26 Å². The molecular formula is C26H24N6. The molecule has 32 heavy (non-hydrogen) atoms. The van der Waals surface area contributed by atoms with Gasteiger partial charge in [0.1, 0.15) is 0 Å². The molecule has 6 rings (SSSR count). The predicted octanol–water partition coefficient (Wildman–Crippen LogP) is 4.09. The molecule has 4 heterocycles. The van der Waals surface area contributed by atoms with Gasteiger partial charge in [0.15, 0.2) is 5.82 Å². The highest BCUT2D eigenvalue weighted by Gasteiger charge is 2.25. The standard InChI is InChI=1S/C26H24N6/c1-17-13-29-26-25-11-20(19-4-2-18(12-27)3-5-19)14-31(25)15-21-10-23(6-7-24(21)32(17)26)30-9-8-22(28)16-30/h2-7,10-11,13-14,22H,8-9,15-16,28H2,1H3/t22-/m0/s1. The van der Waals surface area contributed by atoms with Gasteiger partial charge in [0.2, 0.25) is 0 Å². The molecule has 0 amide bonds. The maximum absolute atomic E-state index is 9.11. The second kappa shape index (κ2) is 7.11. The zero-order chi connectivity index (χ0) is 21.8. The topological polar surface area (TPSA) is 75.8 Å². The Balaban J connectivity index is 1.47. The van der Waals surface area contributed by atoms with Crippen LogP contribution in [0.3, 0.4) is 0 Å². The average Bonchev–Trinajstić information content (AvgIpc) is 3.51. The van der Waals surface area contributed by atoms with Crippen molar-refractivity contribution >= 4 is 5.69 Å². The molecule has 6 heteroatoms. The molecule has 2 N–H and O–H groups in total. The number of hydrogen-bond acceptors (Lipinski definition) is 4. The molecule has 6 nitrogen and oxygen atoms in total. The fourth-order valence-electron chi connectivity index (χ4n) is 4.96. The summed E-state index contributed by atoms with van der Waals surface area (Å²) in [5, 5.41) is 9.11. The molecule has 1 atom stereocenters. The Morgan fingerprint density at radius 1 is 1.09 bits per heavy atom. The number of nitrogens with two attached hydrogens (primary N) is 1. The van der Waals surface area contributed by atoms with Gasteiger partial charge in [-0.05, 0) is 60.9 Å². The summed E-state index contributed by atoms with van der Waals surface area (Å²) in [4.78, 5) is 7.16. The van der Waals surface area contributed by atoms with Crippen molar-refractivity contribution in [1.82, 2.24) is 14.1 Å². The van der Waals surface area contributed by atoms with Gasteiger partial charge >= 0.3 is 0 Å². The minimum atomic E-state index is 0.252. The van der Waals surface area contributed by atoms with Crippen LogP contribution in [0.25, 0.3) is 28.3 Å². The molecule has 2 aliphatic heterocycles. The van der Waals surface area contributed by atoms with E-state index in [0.717, 1.165) is 54.4 Å². The number of benzene rings is 2. The smallest absolute Gasteiger partial charge is 0.161 e. The van der Waals surface area contributed by atoms with Crippen LogP contribution in [-0.2, 0) is 6.54 Å². The van der Waals surface area contributed by atoms with Gasteiger partial charge in [-0.1, -0.05) is 12.1 Å². The number of hydrogen-bond donors (Lipinski definition) is 1. The van der Waals surface area contributed by atoms with Gasteiger partial charge in [0.05, 0.1) is 23.0 Å². The van der Waals surface area contributed by atoms with E-state index in [1.165, 1.54) is 16.9 Å². The van der Waals surface area contributed by atoms with E-state index in [2.05, 4.69) is 57.5 Å². The first kappa shape index (κ1) is 18.9. The highest BCUT2D eigenvalue weighted by molar-refractivity contribution is 5.73. The number of nitriles is 1. The molecule has 0 aliphatic carbocycles. The Morgan fingerprint density at radius 2 is 1.94 bits per heavy atom. The molecule has 2 aliphatic rings. The summed E-state index contributed by atoms with van der Waals surface area (Å²) in [5.74, 6) is 0.956. The van der Waals surface area contributed by atoms with Gasteiger partial charge in [-0.15, -0.1) is 0 Å². The fraction of sp³-hybridized carbons (Fsp3) is 0.231. The van der Waals surface area contributed by atoms with Gasteiger partial charge in [0, 0.05) is 55.0 Å². The summed E-state index contributed by atoms with van der Waals surface area (Å²) >= 11 is 0. The van der Waals surface area contributed by atoms with Crippen molar-refractivity contribution in [3.8, 4) is 34.4 Å². The zero-order valence-electron chi connectivity index (χ0n) is 18.0. The first-order valence-electron chi connectivity index (χ1n) is 11.0. The third-order valence-corrected chi connectivity index (χ3v) is 6.65. The van der Waals surface area contributed by atoms with Crippen LogP contribution in [0.4, 0.5) is 5.69 Å². The van der Waals surface area contributed by atoms with Crippen molar-refractivity contribution in [3.05, 3.63) is 77.7 Å². The Hall–Kier alpha value is -3.82. The summed E-state index contributed by atoms with van der Waals surface area (Å²) in [5.41, 5.74) is 15.0. The van der Waals surface area contributed by atoms with E-state index >= 15 is 0 Å². The Morgan fingerprint density at radius 3 is 2.69 bits per heavy atom. The molecule has 2 aromatic heterocycles. The number of aryl methyl sites for hydroxylation is 1. The number of rotatable bonds is 2. The Kier molecular flexibility index (Phi) is 4.20. The molecule has 158 valence electrons. The molecule has 0 spiro atoms. The molecule has 0 bridgehead atoms. The lowest BCUT2D eigenvalue weighted by Crippen LogP contribution is -2.26. The highest BCUT2D eigenvalue weighted by Crippen LogP contribution is 2.36. The predicted molar refractivity (Wildman–Crippen MR) is 126 cm³/mol. The average molecular weight is 421 g/mol.